The van der Waals surface area contributed by atoms with Crippen LogP contribution in [0.25, 0.3) is 0 Å². The highest BCUT2D eigenvalue weighted by Crippen LogP contribution is 2.26. The Hall–Kier alpha value is -3.20. The SMILES string of the molecule is C[C@H](Sc1nnc(Cc2ccccc2)n1C)C(=O)Nc1ccccc1[N+](=O)[O-]. The molecule has 0 spiro atoms. The number of para-hydroxylation sites is 2. The summed E-state index contributed by atoms with van der Waals surface area (Å²) in [5.41, 5.74) is 1.15. The van der Waals surface area contributed by atoms with Crippen LogP contribution in [0.15, 0.2) is 59.8 Å². The fourth-order valence-corrected chi connectivity index (χ4v) is 3.40. The second-order valence-corrected chi connectivity index (χ2v) is 7.45. The molecule has 28 heavy (non-hydrogen) atoms. The summed E-state index contributed by atoms with van der Waals surface area (Å²) >= 11 is 1.25. The molecule has 0 saturated heterocycles. The van der Waals surface area contributed by atoms with Crippen LogP contribution in [-0.4, -0.2) is 30.8 Å². The number of thioether (sulfide) groups is 1. The second kappa shape index (κ2) is 8.66. The molecule has 1 amide bonds. The largest absolute Gasteiger partial charge is 0.319 e. The van der Waals surface area contributed by atoms with Gasteiger partial charge in [0.05, 0.1) is 10.2 Å². The van der Waals surface area contributed by atoms with Gasteiger partial charge >= 0.3 is 0 Å². The van der Waals surface area contributed by atoms with Crippen molar-refractivity contribution in [2.45, 2.75) is 23.8 Å². The number of nitro groups is 1. The molecular formula is C19H19N5O3S. The van der Waals surface area contributed by atoms with Gasteiger partial charge in [0.15, 0.2) is 5.16 Å². The summed E-state index contributed by atoms with van der Waals surface area (Å²) < 4.78 is 1.85. The molecule has 0 aliphatic heterocycles. The van der Waals surface area contributed by atoms with Gasteiger partial charge in [-0.05, 0) is 18.6 Å². The molecule has 2 aromatic carbocycles. The number of nitrogens with zero attached hydrogens (tertiary/aromatic N) is 4. The predicted octanol–water partition coefficient (Wildman–Crippen LogP) is 3.43. The number of hydrogen-bond acceptors (Lipinski definition) is 6. The van der Waals surface area contributed by atoms with E-state index in [-0.39, 0.29) is 17.3 Å². The van der Waals surface area contributed by atoms with E-state index in [2.05, 4.69) is 15.5 Å². The van der Waals surface area contributed by atoms with E-state index in [1.54, 1.807) is 19.1 Å². The number of aromatic nitrogens is 3. The van der Waals surface area contributed by atoms with Gasteiger partial charge in [0, 0.05) is 19.5 Å². The number of amides is 1. The van der Waals surface area contributed by atoms with Crippen molar-refractivity contribution >= 4 is 29.0 Å². The standard InChI is InChI=1S/C19H19N5O3S/c1-13(18(25)20-15-10-6-7-11-16(15)24(26)27)28-19-22-21-17(23(19)2)12-14-8-4-3-5-9-14/h3-11,13H,12H2,1-2H3,(H,20,25)/t13-/m0/s1. The van der Waals surface area contributed by atoms with Crippen LogP contribution in [-0.2, 0) is 18.3 Å². The monoisotopic (exact) mass is 397 g/mol. The normalized spacial score (nSPS) is 11.8. The van der Waals surface area contributed by atoms with E-state index in [4.69, 9.17) is 0 Å². The van der Waals surface area contributed by atoms with E-state index < -0.39 is 10.2 Å². The van der Waals surface area contributed by atoms with Crippen molar-refractivity contribution in [2.75, 3.05) is 5.32 Å². The topological polar surface area (TPSA) is 103 Å². The molecular weight excluding hydrogens is 378 g/mol. The van der Waals surface area contributed by atoms with Gasteiger partial charge in [0.2, 0.25) is 5.91 Å². The van der Waals surface area contributed by atoms with Crippen LogP contribution >= 0.6 is 11.8 Å². The highest BCUT2D eigenvalue weighted by molar-refractivity contribution is 8.00. The predicted molar refractivity (Wildman–Crippen MR) is 107 cm³/mol. The highest BCUT2D eigenvalue weighted by atomic mass is 32.2. The lowest BCUT2D eigenvalue weighted by Gasteiger charge is -2.12. The molecule has 1 N–H and O–H groups in total. The summed E-state index contributed by atoms with van der Waals surface area (Å²) in [6, 6.07) is 16.0. The van der Waals surface area contributed by atoms with Crippen LogP contribution in [0.5, 0.6) is 0 Å². The third kappa shape index (κ3) is 4.55. The van der Waals surface area contributed by atoms with E-state index >= 15 is 0 Å². The minimum absolute atomic E-state index is 0.142. The van der Waals surface area contributed by atoms with Crippen LogP contribution in [0.3, 0.4) is 0 Å². The van der Waals surface area contributed by atoms with Gasteiger partial charge in [0.1, 0.15) is 11.5 Å². The van der Waals surface area contributed by atoms with Crippen molar-refractivity contribution in [3.05, 3.63) is 76.1 Å². The molecule has 0 unspecified atom stereocenters. The number of nitrogens with one attached hydrogen (secondary N) is 1. The first kappa shape index (κ1) is 19.6. The van der Waals surface area contributed by atoms with Crippen molar-refractivity contribution in [1.29, 1.82) is 0 Å². The Morgan fingerprint density at radius 3 is 2.57 bits per heavy atom. The fourth-order valence-electron chi connectivity index (χ4n) is 2.56. The maximum absolute atomic E-state index is 12.5. The first-order chi connectivity index (χ1) is 13.5. The van der Waals surface area contributed by atoms with E-state index in [0.717, 1.165) is 11.4 Å². The quantitative estimate of drug-likeness (QED) is 0.372. The Bertz CT molecular complexity index is 990. The summed E-state index contributed by atoms with van der Waals surface area (Å²) in [7, 11) is 1.85. The molecule has 0 saturated carbocycles. The first-order valence-electron chi connectivity index (χ1n) is 8.59. The van der Waals surface area contributed by atoms with E-state index in [1.165, 1.54) is 23.9 Å². The van der Waals surface area contributed by atoms with Crippen LogP contribution in [0, 0.1) is 10.1 Å². The number of hydrogen-bond donors (Lipinski definition) is 1. The van der Waals surface area contributed by atoms with Crippen molar-refractivity contribution < 1.29 is 9.72 Å². The van der Waals surface area contributed by atoms with Crippen molar-refractivity contribution in [2.24, 2.45) is 7.05 Å². The van der Waals surface area contributed by atoms with E-state index in [1.807, 2.05) is 41.9 Å². The van der Waals surface area contributed by atoms with Gasteiger partial charge < -0.3 is 9.88 Å². The lowest BCUT2D eigenvalue weighted by Crippen LogP contribution is -2.23. The minimum atomic E-state index is -0.522. The molecule has 0 bridgehead atoms. The van der Waals surface area contributed by atoms with Crippen LogP contribution in [0.4, 0.5) is 11.4 Å². The smallest absolute Gasteiger partial charge is 0.292 e. The van der Waals surface area contributed by atoms with Crippen LogP contribution in [0.1, 0.15) is 18.3 Å². The Balaban J connectivity index is 1.67. The summed E-state index contributed by atoms with van der Waals surface area (Å²) in [4.78, 5) is 23.1. The zero-order valence-electron chi connectivity index (χ0n) is 15.4. The van der Waals surface area contributed by atoms with Crippen molar-refractivity contribution in [3.8, 4) is 0 Å². The second-order valence-electron chi connectivity index (χ2n) is 6.14. The van der Waals surface area contributed by atoms with Crippen molar-refractivity contribution in [3.63, 3.8) is 0 Å². The number of rotatable bonds is 7. The van der Waals surface area contributed by atoms with Crippen molar-refractivity contribution in [1.82, 2.24) is 14.8 Å². The van der Waals surface area contributed by atoms with Gasteiger partial charge in [-0.2, -0.15) is 0 Å². The molecule has 3 aromatic rings. The van der Waals surface area contributed by atoms with Gasteiger partial charge in [-0.15, -0.1) is 10.2 Å². The van der Waals surface area contributed by atoms with Crippen LogP contribution < -0.4 is 5.32 Å². The lowest BCUT2D eigenvalue weighted by atomic mass is 10.1. The summed E-state index contributed by atoms with van der Waals surface area (Å²) in [5.74, 6) is 0.451. The number of nitro benzene ring substituents is 1. The highest BCUT2D eigenvalue weighted by Gasteiger charge is 2.22. The summed E-state index contributed by atoms with van der Waals surface area (Å²) in [6.45, 7) is 1.72. The number of carbonyl (C=O) groups excluding carboxylic acids is 1. The molecule has 3 rings (SSSR count). The molecule has 144 valence electrons. The maximum Gasteiger partial charge on any atom is 0.292 e. The zero-order chi connectivity index (χ0) is 20.1. The Labute approximate surface area is 166 Å². The molecule has 0 aliphatic rings. The van der Waals surface area contributed by atoms with E-state index in [0.29, 0.717) is 11.6 Å². The molecule has 9 heteroatoms. The molecule has 0 fully saturated rings. The fraction of sp³-hybridized carbons (Fsp3) is 0.211. The average molecular weight is 397 g/mol. The summed E-state index contributed by atoms with van der Waals surface area (Å²) in [5, 5.41) is 22.2. The number of carbonyl (C=O) groups is 1. The lowest BCUT2D eigenvalue weighted by molar-refractivity contribution is -0.383. The average Bonchev–Trinajstić information content (AvgIpc) is 3.02. The Morgan fingerprint density at radius 2 is 1.86 bits per heavy atom. The van der Waals surface area contributed by atoms with E-state index in [9.17, 15) is 14.9 Å². The third-order valence-corrected chi connectivity index (χ3v) is 5.27. The zero-order valence-corrected chi connectivity index (χ0v) is 16.2. The molecule has 1 heterocycles. The van der Waals surface area contributed by atoms with Gasteiger partial charge in [-0.3, -0.25) is 14.9 Å². The maximum atomic E-state index is 12.5. The number of benzene rings is 2. The Kier molecular flexibility index (Phi) is 6.05. The van der Waals surface area contributed by atoms with Gasteiger partial charge in [0.25, 0.3) is 5.69 Å². The molecule has 0 aliphatic carbocycles. The van der Waals surface area contributed by atoms with Crippen LogP contribution in [0.2, 0.25) is 0 Å². The third-order valence-electron chi connectivity index (χ3n) is 4.14. The molecule has 8 nitrogen and oxygen atoms in total. The number of anilines is 1. The first-order valence-corrected chi connectivity index (χ1v) is 9.47. The molecule has 1 aromatic heterocycles. The minimum Gasteiger partial charge on any atom is -0.319 e. The van der Waals surface area contributed by atoms with Gasteiger partial charge in [-0.1, -0.05) is 54.2 Å². The molecule has 1 atom stereocenters. The van der Waals surface area contributed by atoms with Gasteiger partial charge in [-0.25, -0.2) is 0 Å². The molecule has 0 radical (unpaired) electrons. The summed E-state index contributed by atoms with van der Waals surface area (Å²) in [6.07, 6.45) is 0.641. The Morgan fingerprint density at radius 1 is 1.18 bits per heavy atom.